The Balaban J connectivity index is 4.28. The Kier molecular flexibility index (Phi) is 26.9. The molecule has 60 heavy (non-hydrogen) atoms. The quantitative estimate of drug-likeness (QED) is 0.0231. The van der Waals surface area contributed by atoms with Crippen molar-refractivity contribution in [1.82, 2.24) is 21.6 Å². The minimum atomic E-state index is -1.12. The first-order valence-corrected chi connectivity index (χ1v) is 20.2. The molecule has 0 aromatic rings. The second-order valence-electron chi connectivity index (χ2n) is 14.5. The van der Waals surface area contributed by atoms with Crippen LogP contribution in [-0.4, -0.2) is 108 Å². The molecule has 0 unspecified atom stereocenters. The number of hydrogen-bond donors (Lipinski definition) is 4. The molecule has 0 aromatic carbocycles. The summed E-state index contributed by atoms with van der Waals surface area (Å²) in [5.41, 5.74) is 7.55. The summed E-state index contributed by atoms with van der Waals surface area (Å²) in [4.78, 5) is 101. The Morgan fingerprint density at radius 2 is 0.700 bits per heavy atom. The summed E-state index contributed by atoms with van der Waals surface area (Å²) < 4.78 is 20.2. The fraction of sp³-hybridized carbons (Fsp3) is 0.700. The van der Waals surface area contributed by atoms with Crippen LogP contribution in [0.2, 0.25) is 0 Å². The number of carbonyl (C=O) groups excluding carboxylic acids is 8. The zero-order valence-corrected chi connectivity index (χ0v) is 37.0. The smallest absolute Gasteiger partial charge is 0.331 e. The van der Waals surface area contributed by atoms with Gasteiger partial charge in [-0.05, 0) is 92.9 Å². The van der Waals surface area contributed by atoms with E-state index in [1.54, 1.807) is 6.92 Å². The monoisotopic (exact) mass is 850 g/mol. The molecule has 0 aliphatic heterocycles. The molecule has 20 heteroatoms. The molecule has 4 N–H and O–H groups in total. The number of hydrogen-bond acceptors (Lipinski definition) is 16. The van der Waals surface area contributed by atoms with Crippen molar-refractivity contribution >= 4 is 70.4 Å². The molecule has 0 rings (SSSR count). The number of aliphatic imine (C=N–C) groups is 1. The maximum Gasteiger partial charge on any atom is 0.331 e. The minimum Gasteiger partial charge on any atom is -0.462 e. The average Bonchev–Trinajstić information content (AvgIpc) is 3.23. The normalized spacial score (nSPS) is 12.5. The number of rotatable bonds is 27. The summed E-state index contributed by atoms with van der Waals surface area (Å²) in [6.07, 6.45) is 3.91. The first-order chi connectivity index (χ1) is 28.2. The van der Waals surface area contributed by atoms with Crippen LogP contribution < -0.4 is 21.6 Å². The molecule has 0 saturated carbocycles. The zero-order chi connectivity index (χ0) is 45.7. The molecule has 0 saturated heterocycles. The van der Waals surface area contributed by atoms with Gasteiger partial charge in [0.05, 0.1) is 31.2 Å². The van der Waals surface area contributed by atoms with E-state index in [0.29, 0.717) is 36.4 Å². The molecule has 0 fully saturated rings. The summed E-state index contributed by atoms with van der Waals surface area (Å²) in [7, 11) is 0. The van der Waals surface area contributed by atoms with Gasteiger partial charge in [0.15, 0.2) is 0 Å². The summed E-state index contributed by atoms with van der Waals surface area (Å²) in [5.74, 6) is -6.13. The van der Waals surface area contributed by atoms with Gasteiger partial charge in [0.25, 0.3) is 0 Å². The number of hydrazone groups is 3. The van der Waals surface area contributed by atoms with Crippen LogP contribution >= 0.6 is 0 Å². The Morgan fingerprint density at radius 3 is 0.983 bits per heavy atom. The van der Waals surface area contributed by atoms with Crippen molar-refractivity contribution in [2.45, 2.75) is 157 Å². The van der Waals surface area contributed by atoms with Crippen molar-refractivity contribution in [2.75, 3.05) is 26.4 Å². The van der Waals surface area contributed by atoms with Gasteiger partial charge in [-0.1, -0.05) is 27.7 Å². The molecule has 20 nitrogen and oxygen atoms in total. The Labute approximate surface area is 352 Å². The topological polar surface area (TPSA) is 271 Å². The Hall–Kier alpha value is -5.56. The predicted octanol–water partition coefficient (Wildman–Crippen LogP) is 3.49. The molecule has 0 heterocycles. The average molecular weight is 851 g/mol. The molecule has 0 bridgehead atoms. The zero-order valence-electron chi connectivity index (χ0n) is 37.0. The Morgan fingerprint density at radius 1 is 0.417 bits per heavy atom. The minimum absolute atomic E-state index is 0.0604. The van der Waals surface area contributed by atoms with Gasteiger partial charge in [-0.25, -0.2) is 16.3 Å². The molecule has 0 spiro atoms. The van der Waals surface area contributed by atoms with E-state index in [2.05, 4.69) is 57.7 Å². The van der Waals surface area contributed by atoms with E-state index in [-0.39, 0.29) is 76.9 Å². The maximum atomic E-state index is 12.1. The van der Waals surface area contributed by atoms with E-state index in [9.17, 15) is 38.4 Å². The number of carbonyl (C=O) groups is 8. The van der Waals surface area contributed by atoms with E-state index < -0.39 is 53.0 Å². The number of esters is 4. The van der Waals surface area contributed by atoms with Crippen LogP contribution in [-0.2, 0) is 57.3 Å². The van der Waals surface area contributed by atoms with Gasteiger partial charge in [-0.15, -0.1) is 0 Å². The van der Waals surface area contributed by atoms with Gasteiger partial charge in [-0.3, -0.25) is 43.3 Å². The second kappa shape index (κ2) is 29.6. The summed E-state index contributed by atoms with van der Waals surface area (Å²) in [5, 5.41) is 14.1. The van der Waals surface area contributed by atoms with Crippen LogP contribution in [0, 0.1) is 0 Å². The maximum absolute atomic E-state index is 12.1. The Bertz CT molecular complexity index is 1600. The largest absolute Gasteiger partial charge is 0.462 e. The number of amides is 4. The van der Waals surface area contributed by atoms with Crippen LogP contribution in [0.1, 0.15) is 146 Å². The van der Waals surface area contributed by atoms with E-state index >= 15 is 0 Å². The number of nitrogens with one attached hydrogen (secondary N) is 4. The van der Waals surface area contributed by atoms with Crippen LogP contribution in [0.5, 0.6) is 0 Å². The molecule has 338 valence electrons. The summed E-state index contributed by atoms with van der Waals surface area (Å²) in [6, 6.07) is 0. The first-order valence-electron chi connectivity index (χ1n) is 20.2. The van der Waals surface area contributed by atoms with E-state index in [0.717, 1.165) is 18.6 Å². The van der Waals surface area contributed by atoms with Crippen molar-refractivity contribution in [1.29, 1.82) is 0 Å². The van der Waals surface area contributed by atoms with Gasteiger partial charge in [0.1, 0.15) is 26.4 Å². The van der Waals surface area contributed by atoms with Crippen molar-refractivity contribution in [3.8, 4) is 0 Å². The predicted molar refractivity (Wildman–Crippen MR) is 224 cm³/mol. The van der Waals surface area contributed by atoms with Crippen LogP contribution in [0.25, 0.3) is 0 Å². The number of nitrogens with zero attached hydrogens (tertiary/aromatic N) is 4. The highest BCUT2D eigenvalue weighted by Crippen LogP contribution is 2.20. The van der Waals surface area contributed by atoms with Gasteiger partial charge < -0.3 is 24.3 Å². The lowest BCUT2D eigenvalue weighted by molar-refractivity contribution is -0.152. The molecular formula is C40H66N8O12. The molecule has 0 atom stereocenters. The van der Waals surface area contributed by atoms with Gasteiger partial charge >= 0.3 is 47.5 Å². The third-order valence-corrected chi connectivity index (χ3v) is 9.40. The SMILES string of the molecule is CCC(C)(CC)N=C(C)CCC(=O)OCCOC(=O)CCC(C)=NNC(=O)C(=O)NN=C(C)CCC(=O)OCCOC(=O)CCC(C)=NNC(=O)C(=O)NC(C)(CC)CC. The van der Waals surface area contributed by atoms with E-state index in [1.807, 2.05) is 27.7 Å². The molecule has 0 aliphatic rings. The molecule has 0 aromatic heterocycles. The van der Waals surface area contributed by atoms with Crippen LogP contribution in [0.15, 0.2) is 20.3 Å². The summed E-state index contributed by atoms with van der Waals surface area (Å²) in [6.45, 7) is 17.8. The van der Waals surface area contributed by atoms with E-state index in [4.69, 9.17) is 23.9 Å². The molecule has 4 amide bonds. The van der Waals surface area contributed by atoms with Crippen molar-refractivity contribution in [3.05, 3.63) is 0 Å². The third-order valence-electron chi connectivity index (χ3n) is 9.40. The lowest BCUT2D eigenvalue weighted by atomic mass is 9.95. The lowest BCUT2D eigenvalue weighted by Crippen LogP contribution is -2.50. The van der Waals surface area contributed by atoms with Gasteiger partial charge in [-0.2, -0.15) is 15.3 Å². The van der Waals surface area contributed by atoms with Crippen molar-refractivity contribution < 1.29 is 57.3 Å². The van der Waals surface area contributed by atoms with Gasteiger partial charge in [0, 0.05) is 28.4 Å². The second-order valence-corrected chi connectivity index (χ2v) is 14.5. The standard InChI is InChI=1S/C40H66N8O12/c1-11-39(9,12-2)41-27(5)15-19-31(49)57-23-24-58-33(51)21-17-29(7)44-47-37(55)38(56)48-45-30(8)18-22-34(52)60-26-25-59-32(50)20-16-28(6)43-46-36(54)35(53)42-40(10,13-3)14-4/h11-26H2,1-10H3,(H,42,53)(H,46,54)(H,47,55)(H,48,56). The van der Waals surface area contributed by atoms with E-state index in [1.165, 1.54) is 13.8 Å². The van der Waals surface area contributed by atoms with Gasteiger partial charge in [0.2, 0.25) is 0 Å². The third kappa shape index (κ3) is 25.7. The number of ether oxygens (including phenoxy) is 4. The van der Waals surface area contributed by atoms with Crippen molar-refractivity contribution in [3.63, 3.8) is 0 Å². The van der Waals surface area contributed by atoms with Crippen LogP contribution in [0.3, 0.4) is 0 Å². The fourth-order valence-corrected chi connectivity index (χ4v) is 4.48. The molecule has 0 aliphatic carbocycles. The van der Waals surface area contributed by atoms with Crippen LogP contribution in [0.4, 0.5) is 0 Å². The molecular weight excluding hydrogens is 784 g/mol. The highest BCUT2D eigenvalue weighted by molar-refractivity contribution is 6.35. The highest BCUT2D eigenvalue weighted by atomic mass is 16.6. The summed E-state index contributed by atoms with van der Waals surface area (Å²) >= 11 is 0. The lowest BCUT2D eigenvalue weighted by Gasteiger charge is -2.27. The first kappa shape index (κ1) is 54.4. The highest BCUT2D eigenvalue weighted by Gasteiger charge is 2.25. The fourth-order valence-electron chi connectivity index (χ4n) is 4.48. The molecule has 0 radical (unpaired) electrons. The van der Waals surface area contributed by atoms with Crippen molar-refractivity contribution in [2.24, 2.45) is 20.3 Å².